The number of likely N-dealkylation sites (N-methyl/N-ethyl adjacent to an activating group) is 1. The van der Waals surface area contributed by atoms with Gasteiger partial charge >= 0.3 is 0 Å². The van der Waals surface area contributed by atoms with E-state index in [0.717, 1.165) is 0 Å². The largest absolute Gasteiger partial charge is 0.355 e. The quantitative estimate of drug-likeness (QED) is 0.744. The summed E-state index contributed by atoms with van der Waals surface area (Å²) in [6.45, 7) is 2.22. The highest BCUT2D eigenvalue weighted by atomic mass is 35.5. The Kier molecular flexibility index (Phi) is 4.90. The molecule has 0 unspecified atom stereocenters. The number of rotatable bonds is 5. The molecule has 0 aliphatic carbocycles. The lowest BCUT2D eigenvalue weighted by molar-refractivity contribution is -0.121. The molecule has 3 rings (SSSR count). The van der Waals surface area contributed by atoms with Gasteiger partial charge in [-0.3, -0.25) is 14.6 Å². The average molecular weight is 360 g/mol. The molecule has 0 aromatic carbocycles. The Bertz CT molecular complexity index is 966. The molecule has 128 valence electrons. The monoisotopic (exact) mass is 359 g/mol. The number of halogens is 1. The highest BCUT2D eigenvalue weighted by Crippen LogP contribution is 2.21. The van der Waals surface area contributed by atoms with Crippen molar-refractivity contribution in [1.82, 2.24) is 25.0 Å². The predicted molar refractivity (Wildman–Crippen MR) is 90.9 cm³/mol. The number of aromatic nitrogens is 4. The van der Waals surface area contributed by atoms with Crippen molar-refractivity contribution in [2.75, 3.05) is 6.54 Å². The Labute approximate surface area is 147 Å². The number of nitrogens with zero attached hydrogens (tertiary/aromatic N) is 4. The zero-order valence-corrected chi connectivity index (χ0v) is 14.0. The van der Waals surface area contributed by atoms with Gasteiger partial charge in [0, 0.05) is 35.6 Å². The van der Waals surface area contributed by atoms with E-state index in [0.29, 0.717) is 22.8 Å². The first-order valence-corrected chi connectivity index (χ1v) is 7.88. The van der Waals surface area contributed by atoms with E-state index in [2.05, 4.69) is 20.4 Å². The third-order valence-electron chi connectivity index (χ3n) is 3.30. The predicted octanol–water partition coefficient (Wildman–Crippen LogP) is 1.75. The third-order valence-corrected chi connectivity index (χ3v) is 3.53. The van der Waals surface area contributed by atoms with Crippen molar-refractivity contribution >= 4 is 17.5 Å². The molecule has 0 radical (unpaired) electrons. The van der Waals surface area contributed by atoms with Crippen molar-refractivity contribution in [3.05, 3.63) is 52.0 Å². The van der Waals surface area contributed by atoms with Gasteiger partial charge in [0.15, 0.2) is 0 Å². The van der Waals surface area contributed by atoms with Crippen LogP contribution < -0.4 is 10.9 Å². The van der Waals surface area contributed by atoms with Gasteiger partial charge in [0.2, 0.25) is 11.7 Å². The maximum atomic E-state index is 11.9. The molecule has 0 aliphatic rings. The molecule has 8 nitrogen and oxygen atoms in total. The van der Waals surface area contributed by atoms with Crippen molar-refractivity contribution in [1.29, 1.82) is 0 Å². The maximum absolute atomic E-state index is 11.9. The van der Waals surface area contributed by atoms with Gasteiger partial charge in [0.25, 0.3) is 11.4 Å². The van der Waals surface area contributed by atoms with Crippen molar-refractivity contribution < 1.29 is 9.32 Å². The van der Waals surface area contributed by atoms with Crippen LogP contribution in [0.2, 0.25) is 5.02 Å². The van der Waals surface area contributed by atoms with Crippen LogP contribution in [-0.2, 0) is 11.3 Å². The smallest absolute Gasteiger partial charge is 0.276 e. The molecule has 0 spiro atoms. The highest BCUT2D eigenvalue weighted by Gasteiger charge is 2.13. The van der Waals surface area contributed by atoms with Gasteiger partial charge in [-0.05, 0) is 25.1 Å². The molecule has 9 heteroatoms. The van der Waals surface area contributed by atoms with Crippen LogP contribution in [0.3, 0.4) is 0 Å². The van der Waals surface area contributed by atoms with Gasteiger partial charge in [-0.2, -0.15) is 4.98 Å². The Balaban J connectivity index is 1.90. The standard InChI is InChI=1S/C16H14ClN5O3/c1-2-18-13(23)9-22-8-10(3-4-14(22)24)15-20-16(25-21-15)12-7-11(17)5-6-19-12/h3-8H,2,9H2,1H3,(H,18,23). The van der Waals surface area contributed by atoms with Gasteiger partial charge in [-0.25, -0.2) is 0 Å². The fourth-order valence-corrected chi connectivity index (χ4v) is 2.32. The lowest BCUT2D eigenvalue weighted by atomic mass is 10.2. The molecule has 0 bridgehead atoms. The first-order valence-electron chi connectivity index (χ1n) is 7.50. The van der Waals surface area contributed by atoms with E-state index in [1.807, 2.05) is 6.92 Å². The lowest BCUT2D eigenvalue weighted by Gasteiger charge is -2.06. The summed E-state index contributed by atoms with van der Waals surface area (Å²) in [5.41, 5.74) is 0.693. The zero-order valence-electron chi connectivity index (χ0n) is 13.3. The molecular weight excluding hydrogens is 346 g/mol. The number of carbonyl (C=O) groups is 1. The van der Waals surface area contributed by atoms with Crippen LogP contribution in [0.4, 0.5) is 0 Å². The molecule has 0 saturated carbocycles. The fraction of sp³-hybridized carbons (Fsp3) is 0.188. The Morgan fingerprint density at radius 1 is 1.36 bits per heavy atom. The van der Waals surface area contributed by atoms with Crippen molar-refractivity contribution in [3.8, 4) is 23.0 Å². The van der Waals surface area contributed by atoms with Crippen LogP contribution in [0, 0.1) is 0 Å². The molecule has 0 saturated heterocycles. The number of hydrogen-bond donors (Lipinski definition) is 1. The van der Waals surface area contributed by atoms with Crippen LogP contribution in [0.1, 0.15) is 6.92 Å². The van der Waals surface area contributed by atoms with Gasteiger partial charge in [-0.15, -0.1) is 0 Å². The molecule has 1 N–H and O–H groups in total. The Hall–Kier alpha value is -3.00. The van der Waals surface area contributed by atoms with Crippen LogP contribution in [0.25, 0.3) is 23.0 Å². The second-order valence-electron chi connectivity index (χ2n) is 5.12. The molecule has 0 aliphatic heterocycles. The summed E-state index contributed by atoms with van der Waals surface area (Å²) in [5, 5.41) is 7.04. The summed E-state index contributed by atoms with van der Waals surface area (Å²) in [7, 11) is 0. The fourth-order valence-electron chi connectivity index (χ4n) is 2.16. The van der Waals surface area contributed by atoms with E-state index in [-0.39, 0.29) is 29.7 Å². The molecule has 0 atom stereocenters. The van der Waals surface area contributed by atoms with Gasteiger partial charge in [0.1, 0.15) is 12.2 Å². The molecule has 3 aromatic rings. The molecule has 1 amide bonds. The summed E-state index contributed by atoms with van der Waals surface area (Å²) in [4.78, 5) is 32.0. The SMILES string of the molecule is CCNC(=O)Cn1cc(-c2noc(-c3cc(Cl)ccn3)n2)ccc1=O. The van der Waals surface area contributed by atoms with Crippen LogP contribution >= 0.6 is 11.6 Å². The van der Waals surface area contributed by atoms with Gasteiger partial charge < -0.3 is 14.4 Å². The van der Waals surface area contributed by atoms with E-state index < -0.39 is 0 Å². The van der Waals surface area contributed by atoms with Crippen LogP contribution in [-0.4, -0.2) is 32.1 Å². The van der Waals surface area contributed by atoms with Crippen molar-refractivity contribution in [3.63, 3.8) is 0 Å². The van der Waals surface area contributed by atoms with Gasteiger partial charge in [0.05, 0.1) is 0 Å². The second kappa shape index (κ2) is 7.27. The second-order valence-corrected chi connectivity index (χ2v) is 5.56. The lowest BCUT2D eigenvalue weighted by Crippen LogP contribution is -2.31. The number of carbonyl (C=O) groups excluding carboxylic acids is 1. The minimum absolute atomic E-state index is 0.0823. The summed E-state index contributed by atoms with van der Waals surface area (Å²) < 4.78 is 6.49. The van der Waals surface area contributed by atoms with E-state index >= 15 is 0 Å². The zero-order chi connectivity index (χ0) is 17.8. The summed E-state index contributed by atoms with van der Waals surface area (Å²) in [6, 6.07) is 6.16. The average Bonchev–Trinajstić information content (AvgIpc) is 3.07. The number of hydrogen-bond acceptors (Lipinski definition) is 6. The van der Waals surface area contributed by atoms with Crippen LogP contribution in [0.15, 0.2) is 46.0 Å². The first kappa shape index (κ1) is 16.8. The minimum atomic E-state index is -0.296. The van der Waals surface area contributed by atoms with Crippen LogP contribution in [0.5, 0.6) is 0 Å². The van der Waals surface area contributed by atoms with Crippen molar-refractivity contribution in [2.24, 2.45) is 0 Å². The number of pyridine rings is 2. The minimum Gasteiger partial charge on any atom is -0.355 e. The molecular formula is C16H14ClN5O3. The Morgan fingerprint density at radius 3 is 2.96 bits per heavy atom. The highest BCUT2D eigenvalue weighted by molar-refractivity contribution is 6.30. The van der Waals surface area contributed by atoms with Gasteiger partial charge in [-0.1, -0.05) is 16.8 Å². The topological polar surface area (TPSA) is 103 Å². The van der Waals surface area contributed by atoms with E-state index in [9.17, 15) is 9.59 Å². The number of nitrogens with one attached hydrogen (secondary N) is 1. The Morgan fingerprint density at radius 2 is 2.20 bits per heavy atom. The van der Waals surface area contributed by atoms with E-state index in [1.54, 1.807) is 18.2 Å². The van der Waals surface area contributed by atoms with E-state index in [1.165, 1.54) is 23.0 Å². The third kappa shape index (κ3) is 3.92. The molecule has 25 heavy (non-hydrogen) atoms. The first-order chi connectivity index (χ1) is 12.1. The molecule has 0 fully saturated rings. The molecule has 3 aromatic heterocycles. The van der Waals surface area contributed by atoms with E-state index in [4.69, 9.17) is 16.1 Å². The summed E-state index contributed by atoms with van der Waals surface area (Å²) >= 11 is 5.93. The van der Waals surface area contributed by atoms with Crippen molar-refractivity contribution in [2.45, 2.75) is 13.5 Å². The summed E-state index contributed by atoms with van der Waals surface area (Å²) in [5.74, 6) is 0.235. The maximum Gasteiger partial charge on any atom is 0.276 e. The molecule has 3 heterocycles. The summed E-state index contributed by atoms with van der Waals surface area (Å²) in [6.07, 6.45) is 3.05. The normalized spacial score (nSPS) is 10.6. The number of amides is 1.